The molecule has 14 nitrogen and oxygen atoms in total. The van der Waals surface area contributed by atoms with Gasteiger partial charge in [0, 0.05) is 69.6 Å². The molecule has 2 amide bonds. The summed E-state index contributed by atoms with van der Waals surface area (Å²) >= 11 is 0. The Morgan fingerprint density at radius 3 is 2.40 bits per heavy atom. The number of ether oxygens (including phenoxy) is 2. The first-order valence-corrected chi connectivity index (χ1v) is 17.2. The number of hydrogen-bond acceptors (Lipinski definition) is 10. The molecule has 3 aromatic rings. The lowest BCUT2D eigenvalue weighted by Crippen LogP contribution is -2.39. The molecule has 1 aromatic heterocycles. The third-order valence-corrected chi connectivity index (χ3v) is 9.07. The number of hydrogen-bond donors (Lipinski definition) is 4. The smallest absolute Gasteiger partial charge is 0.342 e. The monoisotopic (exact) mass is 718 g/mol. The number of rotatable bonds is 10. The lowest BCUT2D eigenvalue weighted by molar-refractivity contribution is -0.123. The fourth-order valence-corrected chi connectivity index (χ4v) is 6.04. The van der Waals surface area contributed by atoms with Crippen LogP contribution < -0.4 is 26.6 Å². The van der Waals surface area contributed by atoms with Crippen molar-refractivity contribution >= 4 is 29.6 Å². The Kier molecular flexibility index (Phi) is 13.6. The Bertz CT molecular complexity index is 1940. The Morgan fingerprint density at radius 1 is 0.981 bits per heavy atom. The summed E-state index contributed by atoms with van der Waals surface area (Å²) in [5.41, 5.74) is -0.174. The standard InChI is InChI=1S/C38H46N4O10/c1-23-9-8-12-27(43)11-7-5-6-10-25-19-30(44)35(36(48)34(25)37(49)52-23)29(24-13-15-28(51-4)16-14-24)21-32(46)39-18-17-31(45)40-22-26-20-33(47)42(3)38(50)41(26)2/h6,10,13-16,19-20,23,29,44,48H,5,7-9,11-12,17-18,21-22H2,1-4H3,(H,39,46)(H,40,45). The molecular formula is C38H46N4O10. The maximum atomic E-state index is 13.6. The zero-order valence-electron chi connectivity index (χ0n) is 29.9. The minimum Gasteiger partial charge on any atom is -0.507 e. The van der Waals surface area contributed by atoms with Crippen LogP contribution in [-0.4, -0.2) is 62.7 Å². The largest absolute Gasteiger partial charge is 0.507 e. The Hall–Kier alpha value is -5.66. The number of benzene rings is 2. The number of ketones is 1. The number of nitrogens with one attached hydrogen (secondary N) is 2. The highest BCUT2D eigenvalue weighted by Gasteiger charge is 2.31. The topological polar surface area (TPSA) is 195 Å². The number of phenolic OH excluding ortho intramolecular Hbond substituents is 2. The second-order valence-corrected chi connectivity index (χ2v) is 12.8. The minimum absolute atomic E-state index is 0.0545. The summed E-state index contributed by atoms with van der Waals surface area (Å²) in [5, 5.41) is 28.4. The number of carbonyl (C=O) groups excluding carboxylic acids is 4. The first kappa shape index (κ1) is 39.1. The number of allylic oxidation sites excluding steroid dienone is 1. The van der Waals surface area contributed by atoms with Gasteiger partial charge in [-0.25, -0.2) is 9.59 Å². The van der Waals surface area contributed by atoms with Crippen molar-refractivity contribution in [3.05, 3.63) is 91.3 Å². The first-order valence-electron chi connectivity index (χ1n) is 17.2. The number of methoxy groups -OCH3 is 1. The molecule has 52 heavy (non-hydrogen) atoms. The van der Waals surface area contributed by atoms with Gasteiger partial charge in [0.1, 0.15) is 28.6 Å². The number of esters is 1. The van der Waals surface area contributed by atoms with E-state index >= 15 is 0 Å². The molecule has 0 radical (unpaired) electrons. The average molecular weight is 719 g/mol. The van der Waals surface area contributed by atoms with Crippen LogP contribution in [0.1, 0.15) is 97.0 Å². The van der Waals surface area contributed by atoms with Crippen LogP contribution in [0.15, 0.2) is 52.1 Å². The molecule has 4 N–H and O–H groups in total. The summed E-state index contributed by atoms with van der Waals surface area (Å²) < 4.78 is 13.2. The number of Topliss-reactive ketones (excluding diaryl/α,β-unsaturated/α-hetero) is 1. The summed E-state index contributed by atoms with van der Waals surface area (Å²) in [6.07, 6.45) is 5.39. The van der Waals surface area contributed by atoms with Crippen molar-refractivity contribution in [2.45, 2.75) is 76.9 Å². The van der Waals surface area contributed by atoms with Crippen molar-refractivity contribution in [3.63, 3.8) is 0 Å². The molecule has 1 aliphatic rings. The van der Waals surface area contributed by atoms with Gasteiger partial charge in [0.05, 0.1) is 19.8 Å². The van der Waals surface area contributed by atoms with E-state index in [2.05, 4.69) is 10.6 Å². The molecule has 14 heteroatoms. The first-order chi connectivity index (χ1) is 24.8. The van der Waals surface area contributed by atoms with Gasteiger partial charge in [0.25, 0.3) is 5.56 Å². The molecule has 0 spiro atoms. The highest BCUT2D eigenvalue weighted by atomic mass is 16.5. The summed E-state index contributed by atoms with van der Waals surface area (Å²) in [5.74, 6) is -2.90. The van der Waals surface area contributed by atoms with Gasteiger partial charge < -0.3 is 30.3 Å². The fourth-order valence-electron chi connectivity index (χ4n) is 6.04. The zero-order valence-corrected chi connectivity index (χ0v) is 29.9. The van der Waals surface area contributed by atoms with E-state index in [0.29, 0.717) is 55.5 Å². The summed E-state index contributed by atoms with van der Waals surface area (Å²) in [6, 6.07) is 9.30. The number of carbonyl (C=O) groups is 4. The Balaban J connectivity index is 1.57. The van der Waals surface area contributed by atoms with Crippen LogP contribution in [0.25, 0.3) is 6.08 Å². The van der Waals surface area contributed by atoms with E-state index in [1.165, 1.54) is 37.9 Å². The maximum absolute atomic E-state index is 13.6. The summed E-state index contributed by atoms with van der Waals surface area (Å²) in [4.78, 5) is 75.9. The lowest BCUT2D eigenvalue weighted by Gasteiger charge is -2.23. The maximum Gasteiger partial charge on any atom is 0.342 e. The third kappa shape index (κ3) is 9.98. The predicted octanol–water partition coefficient (Wildman–Crippen LogP) is 3.33. The molecule has 1 aliphatic heterocycles. The van der Waals surface area contributed by atoms with Gasteiger partial charge in [0.2, 0.25) is 11.8 Å². The van der Waals surface area contributed by atoms with Gasteiger partial charge in [-0.1, -0.05) is 24.3 Å². The fraction of sp³-hybridized carbons (Fsp3) is 0.421. The number of nitrogens with zero attached hydrogens (tertiary/aromatic N) is 2. The van der Waals surface area contributed by atoms with Crippen molar-refractivity contribution in [3.8, 4) is 17.2 Å². The van der Waals surface area contributed by atoms with Crippen LogP contribution in [-0.2, 0) is 39.8 Å². The minimum atomic E-state index is -0.944. The van der Waals surface area contributed by atoms with Crippen molar-refractivity contribution in [2.24, 2.45) is 14.1 Å². The highest BCUT2D eigenvalue weighted by Crippen LogP contribution is 2.44. The second-order valence-electron chi connectivity index (χ2n) is 12.8. The molecule has 0 saturated heterocycles. The van der Waals surface area contributed by atoms with Gasteiger partial charge in [-0.15, -0.1) is 0 Å². The van der Waals surface area contributed by atoms with E-state index in [9.17, 15) is 39.0 Å². The van der Waals surface area contributed by atoms with Gasteiger partial charge >= 0.3 is 11.7 Å². The van der Waals surface area contributed by atoms with Gasteiger partial charge in [0.15, 0.2) is 0 Å². The van der Waals surface area contributed by atoms with Gasteiger partial charge in [-0.05, 0) is 61.9 Å². The quantitative estimate of drug-likeness (QED) is 0.226. The molecule has 0 bridgehead atoms. The number of aromatic nitrogens is 2. The van der Waals surface area contributed by atoms with Gasteiger partial charge in [-0.3, -0.25) is 28.3 Å². The number of phenols is 2. The van der Waals surface area contributed by atoms with E-state index in [-0.39, 0.29) is 54.2 Å². The molecule has 2 atom stereocenters. The van der Waals surface area contributed by atoms with Crippen LogP contribution in [0.3, 0.4) is 0 Å². The molecule has 0 fully saturated rings. The van der Waals surface area contributed by atoms with E-state index < -0.39 is 46.8 Å². The lowest BCUT2D eigenvalue weighted by atomic mass is 9.84. The van der Waals surface area contributed by atoms with Crippen LogP contribution in [0, 0.1) is 0 Å². The molecular weight excluding hydrogens is 672 g/mol. The van der Waals surface area contributed by atoms with Crippen LogP contribution in [0.4, 0.5) is 0 Å². The molecule has 2 aromatic carbocycles. The van der Waals surface area contributed by atoms with E-state index in [1.54, 1.807) is 43.3 Å². The van der Waals surface area contributed by atoms with Gasteiger partial charge in [-0.2, -0.15) is 0 Å². The number of cyclic esters (lactones) is 1. The molecule has 2 unspecified atom stereocenters. The van der Waals surface area contributed by atoms with Crippen molar-refractivity contribution < 1.29 is 38.9 Å². The Labute approximate surface area is 301 Å². The molecule has 2 heterocycles. The van der Waals surface area contributed by atoms with Crippen molar-refractivity contribution in [2.75, 3.05) is 13.7 Å². The van der Waals surface area contributed by atoms with Crippen LogP contribution in [0.2, 0.25) is 0 Å². The number of amides is 2. The third-order valence-electron chi connectivity index (χ3n) is 9.07. The SMILES string of the molecule is COc1ccc(C(CC(=O)NCCC(=O)NCc2cc(=O)n(C)c(=O)n2C)c2c(O)cc3c(c2O)C(=O)OC(C)CCCC(=O)CCCC=C3)cc1. The van der Waals surface area contributed by atoms with Crippen LogP contribution in [0.5, 0.6) is 17.2 Å². The van der Waals surface area contributed by atoms with Crippen molar-refractivity contribution in [1.29, 1.82) is 0 Å². The van der Waals surface area contributed by atoms with E-state index in [1.807, 2.05) is 0 Å². The Morgan fingerprint density at radius 2 is 1.69 bits per heavy atom. The molecule has 0 aliphatic carbocycles. The van der Waals surface area contributed by atoms with Crippen LogP contribution >= 0.6 is 0 Å². The number of fused-ring (bicyclic) bond motifs is 1. The molecule has 278 valence electrons. The summed E-state index contributed by atoms with van der Waals surface area (Å²) in [6.45, 7) is 1.58. The second kappa shape index (κ2) is 18.0. The van der Waals surface area contributed by atoms with E-state index in [4.69, 9.17) is 9.47 Å². The van der Waals surface area contributed by atoms with E-state index in [0.717, 1.165) is 4.57 Å². The average Bonchev–Trinajstić information content (AvgIpc) is 3.10. The zero-order chi connectivity index (χ0) is 37.9. The molecule has 4 rings (SSSR count). The normalized spacial score (nSPS) is 15.9. The molecule has 0 saturated carbocycles. The summed E-state index contributed by atoms with van der Waals surface area (Å²) in [7, 11) is 4.35. The number of aromatic hydroxyl groups is 2. The highest BCUT2D eigenvalue weighted by molar-refractivity contribution is 5.98. The predicted molar refractivity (Wildman–Crippen MR) is 192 cm³/mol. The van der Waals surface area contributed by atoms with Crippen molar-refractivity contribution in [1.82, 2.24) is 19.8 Å².